The van der Waals surface area contributed by atoms with Crippen LogP contribution in [0.3, 0.4) is 0 Å². The van der Waals surface area contributed by atoms with E-state index in [-0.39, 0.29) is 11.8 Å². The van der Waals surface area contributed by atoms with Gasteiger partial charge in [0, 0.05) is 49.6 Å². The minimum atomic E-state index is -0.167. The summed E-state index contributed by atoms with van der Waals surface area (Å²) >= 11 is 0. The summed E-state index contributed by atoms with van der Waals surface area (Å²) in [6.45, 7) is 2.13. The number of hydrogen-bond acceptors (Lipinski definition) is 4. The first-order chi connectivity index (χ1) is 20.1. The van der Waals surface area contributed by atoms with Crippen LogP contribution in [0.25, 0.3) is 10.9 Å². The zero-order chi connectivity index (χ0) is 28.4. The highest BCUT2D eigenvalue weighted by Crippen LogP contribution is 2.36. The highest BCUT2D eigenvalue weighted by molar-refractivity contribution is 5.87. The highest BCUT2D eigenvalue weighted by atomic mass is 16.5. The lowest BCUT2D eigenvalue weighted by atomic mass is 9.88. The van der Waals surface area contributed by atoms with Gasteiger partial charge in [-0.15, -0.1) is 0 Å². The number of ether oxygens (including phenoxy) is 3. The summed E-state index contributed by atoms with van der Waals surface area (Å²) in [5.74, 6) is 1.42. The van der Waals surface area contributed by atoms with Crippen LogP contribution in [0.2, 0.25) is 0 Å². The molecule has 1 heterocycles. The molecule has 5 aromatic rings. The second-order valence-electron chi connectivity index (χ2n) is 10.0. The van der Waals surface area contributed by atoms with Crippen LogP contribution < -0.4 is 14.8 Å². The van der Waals surface area contributed by atoms with Gasteiger partial charge in [-0.05, 0) is 52.6 Å². The van der Waals surface area contributed by atoms with Gasteiger partial charge < -0.3 is 24.1 Å². The van der Waals surface area contributed by atoms with Gasteiger partial charge in [0.15, 0.2) is 0 Å². The van der Waals surface area contributed by atoms with E-state index in [0.717, 1.165) is 39.1 Å². The SMILES string of the molecule is COCCNC(=O)C[C@H](c1cccc(OCc2ccccc2)c1)c1cn(Cc2ccc(OC)cc2)c2ccccc12. The molecule has 0 aliphatic rings. The first-order valence-corrected chi connectivity index (χ1v) is 13.9. The fraction of sp³-hybridized carbons (Fsp3) is 0.229. The molecule has 0 aliphatic heterocycles. The molecule has 1 atom stereocenters. The number of nitrogens with one attached hydrogen (secondary N) is 1. The topological polar surface area (TPSA) is 61.7 Å². The van der Waals surface area contributed by atoms with E-state index in [4.69, 9.17) is 14.2 Å². The Balaban J connectivity index is 1.49. The van der Waals surface area contributed by atoms with Crippen molar-refractivity contribution in [2.24, 2.45) is 0 Å². The largest absolute Gasteiger partial charge is 0.497 e. The van der Waals surface area contributed by atoms with Crippen molar-refractivity contribution in [3.8, 4) is 11.5 Å². The van der Waals surface area contributed by atoms with Gasteiger partial charge in [-0.25, -0.2) is 0 Å². The van der Waals surface area contributed by atoms with Crippen molar-refractivity contribution in [2.45, 2.75) is 25.5 Å². The van der Waals surface area contributed by atoms with Gasteiger partial charge in [0.1, 0.15) is 18.1 Å². The molecule has 4 aromatic carbocycles. The number of hydrogen-bond donors (Lipinski definition) is 1. The van der Waals surface area contributed by atoms with Gasteiger partial charge >= 0.3 is 0 Å². The maximum absolute atomic E-state index is 13.1. The monoisotopic (exact) mass is 548 g/mol. The molecular formula is C35H36N2O4. The van der Waals surface area contributed by atoms with Crippen molar-refractivity contribution in [2.75, 3.05) is 27.4 Å². The number of methoxy groups -OCH3 is 2. The Morgan fingerprint density at radius 2 is 1.61 bits per heavy atom. The first-order valence-electron chi connectivity index (χ1n) is 13.9. The van der Waals surface area contributed by atoms with E-state index in [0.29, 0.717) is 32.7 Å². The van der Waals surface area contributed by atoms with Crippen molar-refractivity contribution < 1.29 is 19.0 Å². The van der Waals surface area contributed by atoms with Gasteiger partial charge in [0.25, 0.3) is 0 Å². The molecule has 0 aliphatic carbocycles. The molecule has 0 spiro atoms. The third-order valence-corrected chi connectivity index (χ3v) is 7.23. The lowest BCUT2D eigenvalue weighted by molar-refractivity contribution is -0.121. The second-order valence-corrected chi connectivity index (χ2v) is 10.0. The van der Waals surface area contributed by atoms with Crippen LogP contribution in [0.4, 0.5) is 0 Å². The first kappa shape index (κ1) is 28.0. The number of amides is 1. The van der Waals surface area contributed by atoms with Crippen molar-refractivity contribution in [1.82, 2.24) is 9.88 Å². The molecule has 1 amide bonds. The second kappa shape index (κ2) is 13.7. The average Bonchev–Trinajstić information content (AvgIpc) is 3.38. The third-order valence-electron chi connectivity index (χ3n) is 7.23. The van der Waals surface area contributed by atoms with Crippen molar-refractivity contribution in [3.63, 3.8) is 0 Å². The maximum atomic E-state index is 13.1. The number of rotatable bonds is 13. The van der Waals surface area contributed by atoms with Crippen LogP contribution in [0.1, 0.15) is 34.6 Å². The molecule has 0 saturated carbocycles. The van der Waals surface area contributed by atoms with E-state index in [9.17, 15) is 4.79 Å². The predicted molar refractivity (Wildman–Crippen MR) is 163 cm³/mol. The average molecular weight is 549 g/mol. The van der Waals surface area contributed by atoms with Gasteiger partial charge in [0.2, 0.25) is 5.91 Å². The molecule has 1 aromatic heterocycles. The maximum Gasteiger partial charge on any atom is 0.221 e. The Morgan fingerprint density at radius 1 is 0.829 bits per heavy atom. The van der Waals surface area contributed by atoms with E-state index in [2.05, 4.69) is 76.7 Å². The van der Waals surface area contributed by atoms with E-state index in [1.807, 2.05) is 42.5 Å². The summed E-state index contributed by atoms with van der Waals surface area (Å²) < 4.78 is 18.9. The van der Waals surface area contributed by atoms with Crippen LogP contribution in [-0.2, 0) is 22.7 Å². The minimum absolute atomic E-state index is 0.0188. The zero-order valence-electron chi connectivity index (χ0n) is 23.6. The molecule has 0 bridgehead atoms. The van der Waals surface area contributed by atoms with E-state index in [1.165, 1.54) is 5.56 Å². The smallest absolute Gasteiger partial charge is 0.221 e. The minimum Gasteiger partial charge on any atom is -0.497 e. The zero-order valence-corrected chi connectivity index (χ0v) is 23.6. The number of nitrogens with zero attached hydrogens (tertiary/aromatic N) is 1. The van der Waals surface area contributed by atoms with Crippen molar-refractivity contribution in [1.29, 1.82) is 0 Å². The molecule has 0 unspecified atom stereocenters. The summed E-state index contributed by atoms with van der Waals surface area (Å²) in [6.07, 6.45) is 2.50. The summed E-state index contributed by atoms with van der Waals surface area (Å²) in [6, 6.07) is 34.7. The van der Waals surface area contributed by atoms with E-state index >= 15 is 0 Å². The lowest BCUT2D eigenvalue weighted by Crippen LogP contribution is -2.28. The number of aromatic nitrogens is 1. The number of carbonyl (C=O) groups is 1. The van der Waals surface area contributed by atoms with Crippen LogP contribution in [-0.4, -0.2) is 37.8 Å². The molecule has 0 fully saturated rings. The van der Waals surface area contributed by atoms with E-state index < -0.39 is 0 Å². The molecule has 1 N–H and O–H groups in total. The van der Waals surface area contributed by atoms with Gasteiger partial charge in [0.05, 0.1) is 13.7 Å². The molecule has 210 valence electrons. The Kier molecular flexibility index (Phi) is 9.34. The van der Waals surface area contributed by atoms with E-state index in [1.54, 1.807) is 14.2 Å². The third kappa shape index (κ3) is 7.16. The van der Waals surface area contributed by atoms with Gasteiger partial charge in [-0.2, -0.15) is 0 Å². The van der Waals surface area contributed by atoms with Gasteiger partial charge in [-0.3, -0.25) is 4.79 Å². The molecule has 6 heteroatoms. The van der Waals surface area contributed by atoms with Crippen molar-refractivity contribution in [3.05, 3.63) is 132 Å². The summed E-state index contributed by atoms with van der Waals surface area (Å²) in [5.41, 5.74) is 5.54. The fourth-order valence-corrected chi connectivity index (χ4v) is 5.13. The molecule has 5 rings (SSSR count). The highest BCUT2D eigenvalue weighted by Gasteiger charge is 2.23. The molecule has 0 radical (unpaired) electrons. The molecule has 6 nitrogen and oxygen atoms in total. The summed E-state index contributed by atoms with van der Waals surface area (Å²) in [7, 11) is 3.31. The number of para-hydroxylation sites is 1. The standard InChI is InChI=1S/C35H36N2O4/c1-39-20-19-36-35(38)22-32(28-11-8-12-30(21-28)41-25-27-9-4-3-5-10-27)33-24-37(34-14-7-6-13-31(33)34)23-26-15-17-29(40-2)18-16-26/h3-18,21,24,32H,19-20,22-23,25H2,1-2H3,(H,36,38)/t32-/m1/s1. The number of benzene rings is 4. The predicted octanol–water partition coefficient (Wildman–Crippen LogP) is 6.56. The van der Waals surface area contributed by atoms with Gasteiger partial charge in [-0.1, -0.05) is 72.8 Å². The summed E-state index contributed by atoms with van der Waals surface area (Å²) in [4.78, 5) is 13.1. The molecule has 0 saturated heterocycles. The Morgan fingerprint density at radius 3 is 2.39 bits per heavy atom. The Bertz CT molecular complexity index is 1560. The Hall–Kier alpha value is -4.55. The summed E-state index contributed by atoms with van der Waals surface area (Å²) in [5, 5.41) is 4.14. The molecule has 41 heavy (non-hydrogen) atoms. The van der Waals surface area contributed by atoms with Crippen LogP contribution >= 0.6 is 0 Å². The number of fused-ring (bicyclic) bond motifs is 1. The Labute approximate surface area is 241 Å². The van der Waals surface area contributed by atoms with Crippen molar-refractivity contribution >= 4 is 16.8 Å². The lowest BCUT2D eigenvalue weighted by Gasteiger charge is -2.18. The normalized spacial score (nSPS) is 11.8. The van der Waals surface area contributed by atoms with Crippen LogP contribution in [0.15, 0.2) is 109 Å². The van der Waals surface area contributed by atoms with Crippen LogP contribution in [0, 0.1) is 0 Å². The fourth-order valence-electron chi connectivity index (χ4n) is 5.13. The molecular weight excluding hydrogens is 512 g/mol. The number of carbonyl (C=O) groups excluding carboxylic acids is 1. The quantitative estimate of drug-likeness (QED) is 0.169. The van der Waals surface area contributed by atoms with Crippen LogP contribution in [0.5, 0.6) is 11.5 Å².